The number of aryl methyl sites for hydroxylation is 2. The summed E-state index contributed by atoms with van der Waals surface area (Å²) in [6.45, 7) is 3.66. The summed E-state index contributed by atoms with van der Waals surface area (Å²) in [7, 11) is 0. The predicted octanol–water partition coefficient (Wildman–Crippen LogP) is 1.39. The Bertz CT molecular complexity index is 778. The average molecular weight is 401 g/mol. The Hall–Kier alpha value is -2.90. The standard InChI is InChI=1S/C21H27N3O5/c1-13-9-14(2)11-15(10-13)29-12-19(26)23-22-18(25)7-8-24-20(27)16-5-3-4-6-17(16)21(24)28/h9-11,16-17H,3-8,12H2,1-2H3,(H,22,25)(H,23,26)/t16-,17+. The highest BCUT2D eigenvalue weighted by Gasteiger charge is 2.47. The summed E-state index contributed by atoms with van der Waals surface area (Å²) in [6.07, 6.45) is 3.35. The molecule has 4 amide bonds. The summed E-state index contributed by atoms with van der Waals surface area (Å²) in [4.78, 5) is 49.8. The van der Waals surface area contributed by atoms with E-state index in [1.54, 1.807) is 0 Å². The molecule has 1 heterocycles. The van der Waals surface area contributed by atoms with E-state index in [1.165, 1.54) is 4.90 Å². The first kappa shape index (κ1) is 20.8. The molecule has 0 spiro atoms. The maximum atomic E-state index is 12.4. The van der Waals surface area contributed by atoms with Crippen molar-refractivity contribution in [1.29, 1.82) is 0 Å². The molecule has 3 rings (SSSR count). The summed E-state index contributed by atoms with van der Waals surface area (Å²) < 4.78 is 5.42. The monoisotopic (exact) mass is 401 g/mol. The van der Waals surface area contributed by atoms with E-state index in [9.17, 15) is 19.2 Å². The minimum absolute atomic E-state index is 0.0332. The first-order valence-corrected chi connectivity index (χ1v) is 9.99. The molecule has 0 radical (unpaired) electrons. The molecule has 1 aliphatic carbocycles. The van der Waals surface area contributed by atoms with Crippen LogP contribution in [0.3, 0.4) is 0 Å². The van der Waals surface area contributed by atoms with Gasteiger partial charge >= 0.3 is 0 Å². The van der Waals surface area contributed by atoms with Crippen molar-refractivity contribution in [1.82, 2.24) is 15.8 Å². The van der Waals surface area contributed by atoms with E-state index in [1.807, 2.05) is 32.0 Å². The fourth-order valence-electron chi connectivity index (χ4n) is 4.07. The largest absolute Gasteiger partial charge is 0.484 e. The lowest BCUT2D eigenvalue weighted by Gasteiger charge is -2.19. The maximum absolute atomic E-state index is 12.4. The first-order valence-electron chi connectivity index (χ1n) is 9.99. The van der Waals surface area contributed by atoms with Crippen molar-refractivity contribution in [3.63, 3.8) is 0 Å². The number of carbonyl (C=O) groups excluding carboxylic acids is 4. The summed E-state index contributed by atoms with van der Waals surface area (Å²) in [5, 5.41) is 0. The highest BCUT2D eigenvalue weighted by molar-refractivity contribution is 6.05. The fourth-order valence-corrected chi connectivity index (χ4v) is 4.07. The lowest BCUT2D eigenvalue weighted by molar-refractivity contribution is -0.140. The van der Waals surface area contributed by atoms with Gasteiger partial charge in [0.15, 0.2) is 6.61 Å². The van der Waals surface area contributed by atoms with Gasteiger partial charge in [0.2, 0.25) is 17.7 Å². The highest BCUT2D eigenvalue weighted by Crippen LogP contribution is 2.37. The van der Waals surface area contributed by atoms with Crippen molar-refractivity contribution in [2.24, 2.45) is 11.8 Å². The van der Waals surface area contributed by atoms with Gasteiger partial charge < -0.3 is 4.74 Å². The van der Waals surface area contributed by atoms with Gasteiger partial charge in [0, 0.05) is 13.0 Å². The molecule has 2 atom stereocenters. The second kappa shape index (κ2) is 9.07. The third kappa shape index (κ3) is 5.13. The van der Waals surface area contributed by atoms with Crippen LogP contribution >= 0.6 is 0 Å². The third-order valence-electron chi connectivity index (χ3n) is 5.40. The Morgan fingerprint density at radius 1 is 0.966 bits per heavy atom. The Kier molecular flexibility index (Phi) is 6.51. The van der Waals surface area contributed by atoms with Crippen molar-refractivity contribution in [2.45, 2.75) is 46.0 Å². The van der Waals surface area contributed by atoms with Crippen LogP contribution in [0, 0.1) is 25.7 Å². The molecule has 156 valence electrons. The average Bonchev–Trinajstić information content (AvgIpc) is 2.93. The first-order chi connectivity index (χ1) is 13.8. The van der Waals surface area contributed by atoms with Crippen LogP contribution in [0.4, 0.5) is 0 Å². The molecule has 2 fully saturated rings. The number of nitrogens with one attached hydrogen (secondary N) is 2. The molecule has 8 heteroatoms. The number of benzene rings is 1. The number of hydrogen-bond donors (Lipinski definition) is 2. The van der Waals surface area contributed by atoms with Gasteiger partial charge in [-0.1, -0.05) is 18.9 Å². The second-order valence-corrected chi connectivity index (χ2v) is 7.78. The van der Waals surface area contributed by atoms with Gasteiger partial charge in [-0.2, -0.15) is 0 Å². The number of hydrogen-bond acceptors (Lipinski definition) is 5. The van der Waals surface area contributed by atoms with Crippen molar-refractivity contribution in [2.75, 3.05) is 13.2 Å². The van der Waals surface area contributed by atoms with E-state index in [0.29, 0.717) is 5.75 Å². The Morgan fingerprint density at radius 3 is 2.10 bits per heavy atom. The quantitative estimate of drug-likeness (QED) is 0.554. The number of carbonyl (C=O) groups is 4. The molecule has 8 nitrogen and oxygen atoms in total. The van der Waals surface area contributed by atoms with Crippen LogP contribution in [0.1, 0.15) is 43.2 Å². The SMILES string of the molecule is Cc1cc(C)cc(OCC(=O)NNC(=O)CCN2C(=O)[C@H]3CCCC[C@H]3C2=O)c1. The van der Waals surface area contributed by atoms with Gasteiger partial charge in [-0.05, 0) is 49.9 Å². The lowest BCUT2D eigenvalue weighted by atomic mass is 9.81. The number of imide groups is 1. The zero-order chi connectivity index (χ0) is 21.0. The second-order valence-electron chi connectivity index (χ2n) is 7.78. The van der Waals surface area contributed by atoms with Crippen LogP contribution in [0.15, 0.2) is 18.2 Å². The van der Waals surface area contributed by atoms with Crippen molar-refractivity contribution < 1.29 is 23.9 Å². The smallest absolute Gasteiger partial charge is 0.276 e. The molecule has 1 aliphatic heterocycles. The molecular formula is C21H27N3O5. The molecule has 1 saturated carbocycles. The Labute approximate surface area is 169 Å². The molecule has 1 aromatic rings. The number of amides is 4. The van der Waals surface area contributed by atoms with Crippen LogP contribution in [0.25, 0.3) is 0 Å². The molecule has 2 N–H and O–H groups in total. The van der Waals surface area contributed by atoms with E-state index >= 15 is 0 Å². The summed E-state index contributed by atoms with van der Waals surface area (Å²) in [5.41, 5.74) is 6.62. The van der Waals surface area contributed by atoms with E-state index in [2.05, 4.69) is 10.9 Å². The predicted molar refractivity (Wildman–Crippen MR) is 104 cm³/mol. The third-order valence-corrected chi connectivity index (χ3v) is 5.40. The molecule has 0 aromatic heterocycles. The maximum Gasteiger partial charge on any atom is 0.276 e. The Balaban J connectivity index is 1.39. The molecule has 29 heavy (non-hydrogen) atoms. The molecule has 1 aromatic carbocycles. The zero-order valence-corrected chi connectivity index (χ0v) is 16.8. The summed E-state index contributed by atoms with van der Waals surface area (Å²) >= 11 is 0. The van der Waals surface area contributed by atoms with Gasteiger partial charge in [0.25, 0.3) is 5.91 Å². The van der Waals surface area contributed by atoms with Crippen molar-refractivity contribution >= 4 is 23.6 Å². The van der Waals surface area contributed by atoms with Crippen LogP contribution in [0.2, 0.25) is 0 Å². The summed E-state index contributed by atoms with van der Waals surface area (Å²) in [5.74, 6) is -1.17. The highest BCUT2D eigenvalue weighted by atomic mass is 16.5. The topological polar surface area (TPSA) is 105 Å². The van der Waals surface area contributed by atoms with Crippen LogP contribution in [0.5, 0.6) is 5.75 Å². The number of likely N-dealkylation sites (tertiary alicyclic amines) is 1. The van der Waals surface area contributed by atoms with Gasteiger partial charge in [-0.15, -0.1) is 0 Å². The van der Waals surface area contributed by atoms with Crippen molar-refractivity contribution in [3.8, 4) is 5.75 Å². The normalized spacial score (nSPS) is 21.0. The summed E-state index contributed by atoms with van der Waals surface area (Å²) in [6, 6.07) is 5.64. The van der Waals surface area contributed by atoms with E-state index in [0.717, 1.165) is 36.8 Å². The fraction of sp³-hybridized carbons (Fsp3) is 0.524. The molecular weight excluding hydrogens is 374 g/mol. The van der Waals surface area contributed by atoms with Crippen LogP contribution < -0.4 is 15.6 Å². The van der Waals surface area contributed by atoms with Crippen LogP contribution in [-0.4, -0.2) is 41.7 Å². The van der Waals surface area contributed by atoms with Gasteiger partial charge in [-0.3, -0.25) is 34.9 Å². The molecule has 0 bridgehead atoms. The van der Waals surface area contributed by atoms with Gasteiger partial charge in [0.05, 0.1) is 11.8 Å². The Morgan fingerprint density at radius 2 is 1.52 bits per heavy atom. The minimum atomic E-state index is -0.503. The van der Waals surface area contributed by atoms with Crippen molar-refractivity contribution in [3.05, 3.63) is 29.3 Å². The number of rotatable bonds is 6. The number of ether oxygens (including phenoxy) is 1. The lowest BCUT2D eigenvalue weighted by Crippen LogP contribution is -2.45. The number of nitrogens with zero attached hydrogens (tertiary/aromatic N) is 1. The van der Waals surface area contributed by atoms with E-state index < -0.39 is 11.8 Å². The van der Waals surface area contributed by atoms with Crippen LogP contribution in [-0.2, 0) is 19.2 Å². The zero-order valence-electron chi connectivity index (χ0n) is 16.8. The van der Waals surface area contributed by atoms with Gasteiger partial charge in [0.1, 0.15) is 5.75 Å². The number of hydrazine groups is 1. The molecule has 2 aliphatic rings. The number of fused-ring (bicyclic) bond motifs is 1. The minimum Gasteiger partial charge on any atom is -0.484 e. The molecule has 1 saturated heterocycles. The van der Waals surface area contributed by atoms with Gasteiger partial charge in [-0.25, -0.2) is 0 Å². The molecule has 0 unspecified atom stereocenters. The van der Waals surface area contributed by atoms with E-state index in [-0.39, 0.29) is 43.2 Å². The van der Waals surface area contributed by atoms with E-state index in [4.69, 9.17) is 4.74 Å².